The number of piperazine rings is 1. The highest BCUT2D eigenvalue weighted by atomic mass is 35.5. The molecule has 1 fully saturated rings. The number of aromatic nitrogens is 1. The van der Waals surface area contributed by atoms with Gasteiger partial charge in [0.2, 0.25) is 0 Å². The Kier molecular flexibility index (Phi) is 6.92. The minimum absolute atomic E-state index is 0.141. The molecule has 0 unspecified atom stereocenters. The lowest BCUT2D eigenvalue weighted by Gasteiger charge is -2.34. The molecule has 0 spiro atoms. The Balaban J connectivity index is 1.43. The van der Waals surface area contributed by atoms with Crippen LogP contribution in [-0.2, 0) is 11.3 Å². The highest BCUT2D eigenvalue weighted by Crippen LogP contribution is 2.25. The molecule has 1 saturated heterocycles. The van der Waals surface area contributed by atoms with Gasteiger partial charge in [0.25, 0.3) is 0 Å². The standard InChI is InChI=1S/C19H23ClF3N3O/c20-17-5-4-15(18-16(17)3-1-6-24-18)13-26-10-8-25(9-11-26)7-2-12-27-14-19(21,22)23/h1,3-6H,2,7-14H2. The third kappa shape index (κ3) is 6.04. The maximum Gasteiger partial charge on any atom is 0.411 e. The SMILES string of the molecule is FC(F)(F)COCCCN1CCN(Cc2ccc(Cl)c3cccnc23)CC1. The summed E-state index contributed by atoms with van der Waals surface area (Å²) in [5.74, 6) is 0. The Bertz CT molecular complexity index is 749. The van der Waals surface area contributed by atoms with Gasteiger partial charge >= 0.3 is 6.18 Å². The number of pyridine rings is 1. The second kappa shape index (κ2) is 9.19. The first-order valence-corrected chi connectivity index (χ1v) is 9.41. The summed E-state index contributed by atoms with van der Waals surface area (Å²) in [6.07, 6.45) is -1.85. The molecule has 1 aliphatic rings. The third-order valence-electron chi connectivity index (χ3n) is 4.69. The molecule has 1 aliphatic heterocycles. The highest BCUT2D eigenvalue weighted by Gasteiger charge is 2.27. The molecule has 8 heteroatoms. The number of ether oxygens (including phenoxy) is 1. The lowest BCUT2D eigenvalue weighted by Crippen LogP contribution is -2.46. The summed E-state index contributed by atoms with van der Waals surface area (Å²) >= 11 is 6.25. The highest BCUT2D eigenvalue weighted by molar-refractivity contribution is 6.35. The van der Waals surface area contributed by atoms with Crippen molar-refractivity contribution in [3.63, 3.8) is 0 Å². The van der Waals surface area contributed by atoms with Crippen LogP contribution < -0.4 is 0 Å². The van der Waals surface area contributed by atoms with Gasteiger partial charge in [-0.25, -0.2) is 0 Å². The molecule has 0 bridgehead atoms. The number of nitrogens with zero attached hydrogens (tertiary/aromatic N) is 3. The summed E-state index contributed by atoms with van der Waals surface area (Å²) in [5, 5.41) is 1.67. The van der Waals surface area contributed by atoms with Crippen molar-refractivity contribution >= 4 is 22.5 Å². The lowest BCUT2D eigenvalue weighted by atomic mass is 10.1. The summed E-state index contributed by atoms with van der Waals surface area (Å²) < 4.78 is 40.7. The molecule has 2 heterocycles. The van der Waals surface area contributed by atoms with E-state index in [1.807, 2.05) is 24.3 Å². The Labute approximate surface area is 161 Å². The number of alkyl halides is 3. The molecule has 0 aliphatic carbocycles. The predicted molar refractivity (Wildman–Crippen MR) is 100.0 cm³/mol. The van der Waals surface area contributed by atoms with Crippen LogP contribution in [0.4, 0.5) is 13.2 Å². The van der Waals surface area contributed by atoms with E-state index in [2.05, 4.69) is 19.5 Å². The number of fused-ring (bicyclic) bond motifs is 1. The molecule has 4 nitrogen and oxygen atoms in total. The van der Waals surface area contributed by atoms with Crippen molar-refractivity contribution in [1.82, 2.24) is 14.8 Å². The number of hydrogen-bond acceptors (Lipinski definition) is 4. The van der Waals surface area contributed by atoms with E-state index in [9.17, 15) is 13.2 Å². The van der Waals surface area contributed by atoms with Crippen molar-refractivity contribution in [2.24, 2.45) is 0 Å². The quantitative estimate of drug-likeness (QED) is 0.656. The van der Waals surface area contributed by atoms with Crippen molar-refractivity contribution in [1.29, 1.82) is 0 Å². The zero-order valence-electron chi connectivity index (χ0n) is 15.0. The van der Waals surface area contributed by atoms with Crippen molar-refractivity contribution in [2.45, 2.75) is 19.1 Å². The van der Waals surface area contributed by atoms with Gasteiger partial charge < -0.3 is 9.64 Å². The summed E-state index contributed by atoms with van der Waals surface area (Å²) in [5.41, 5.74) is 2.10. The zero-order chi connectivity index (χ0) is 19.3. The monoisotopic (exact) mass is 401 g/mol. The van der Waals surface area contributed by atoms with E-state index >= 15 is 0 Å². The van der Waals surface area contributed by atoms with Crippen LogP contribution in [0.15, 0.2) is 30.5 Å². The van der Waals surface area contributed by atoms with Crippen LogP contribution in [0, 0.1) is 0 Å². The molecule has 0 atom stereocenters. The number of rotatable bonds is 7. The van der Waals surface area contributed by atoms with Gasteiger partial charge in [-0.1, -0.05) is 17.7 Å². The van der Waals surface area contributed by atoms with Gasteiger partial charge in [0.05, 0.1) is 5.52 Å². The lowest BCUT2D eigenvalue weighted by molar-refractivity contribution is -0.174. The molecule has 0 radical (unpaired) electrons. The van der Waals surface area contributed by atoms with Crippen LogP contribution in [0.2, 0.25) is 5.02 Å². The Morgan fingerprint density at radius 3 is 2.56 bits per heavy atom. The minimum atomic E-state index is -4.24. The minimum Gasteiger partial charge on any atom is -0.372 e. The zero-order valence-corrected chi connectivity index (χ0v) is 15.8. The van der Waals surface area contributed by atoms with E-state index < -0.39 is 12.8 Å². The molecule has 27 heavy (non-hydrogen) atoms. The van der Waals surface area contributed by atoms with Crippen LogP contribution in [0.5, 0.6) is 0 Å². The maximum absolute atomic E-state index is 12.0. The van der Waals surface area contributed by atoms with Crippen LogP contribution >= 0.6 is 11.6 Å². The van der Waals surface area contributed by atoms with Gasteiger partial charge in [0.1, 0.15) is 6.61 Å². The molecular weight excluding hydrogens is 379 g/mol. The molecule has 1 aromatic carbocycles. The molecular formula is C19H23ClF3N3O. The van der Waals surface area contributed by atoms with Crippen molar-refractivity contribution < 1.29 is 17.9 Å². The number of halogens is 4. The molecule has 1 aromatic heterocycles. The fourth-order valence-electron chi connectivity index (χ4n) is 3.31. The predicted octanol–water partition coefficient (Wildman–Crippen LogP) is 3.97. The Hall–Kier alpha value is -1.41. The second-order valence-electron chi connectivity index (χ2n) is 6.75. The van der Waals surface area contributed by atoms with Crippen LogP contribution in [-0.4, -0.2) is 66.9 Å². The summed E-state index contributed by atoms with van der Waals surface area (Å²) in [6.45, 7) is 4.19. The van der Waals surface area contributed by atoms with Crippen molar-refractivity contribution in [3.8, 4) is 0 Å². The largest absolute Gasteiger partial charge is 0.411 e. The number of hydrogen-bond donors (Lipinski definition) is 0. The summed E-state index contributed by atoms with van der Waals surface area (Å²) in [6, 6.07) is 7.81. The van der Waals surface area contributed by atoms with E-state index in [-0.39, 0.29) is 6.61 Å². The first-order valence-electron chi connectivity index (χ1n) is 9.04. The summed E-state index contributed by atoms with van der Waals surface area (Å²) in [7, 11) is 0. The average molecular weight is 402 g/mol. The molecule has 0 N–H and O–H groups in total. The Morgan fingerprint density at radius 2 is 1.81 bits per heavy atom. The normalized spacial score (nSPS) is 16.9. The fraction of sp³-hybridized carbons (Fsp3) is 0.526. The molecule has 3 rings (SSSR count). The average Bonchev–Trinajstić information content (AvgIpc) is 2.64. The van der Waals surface area contributed by atoms with Gasteiger partial charge in [-0.3, -0.25) is 9.88 Å². The molecule has 0 saturated carbocycles. The van der Waals surface area contributed by atoms with Gasteiger partial charge in [-0.2, -0.15) is 13.2 Å². The van der Waals surface area contributed by atoms with Gasteiger partial charge in [0, 0.05) is 62.5 Å². The molecule has 0 amide bonds. The van der Waals surface area contributed by atoms with E-state index in [0.717, 1.165) is 55.7 Å². The van der Waals surface area contributed by atoms with Gasteiger partial charge in [0.15, 0.2) is 0 Å². The van der Waals surface area contributed by atoms with Crippen molar-refractivity contribution in [2.75, 3.05) is 45.9 Å². The van der Waals surface area contributed by atoms with Gasteiger partial charge in [-0.05, 0) is 30.2 Å². The first kappa shape index (κ1) is 20.3. The van der Waals surface area contributed by atoms with E-state index in [0.29, 0.717) is 11.4 Å². The van der Waals surface area contributed by atoms with Crippen LogP contribution in [0.1, 0.15) is 12.0 Å². The van der Waals surface area contributed by atoms with E-state index in [4.69, 9.17) is 11.6 Å². The first-order chi connectivity index (χ1) is 12.9. The Morgan fingerprint density at radius 1 is 1.07 bits per heavy atom. The van der Waals surface area contributed by atoms with E-state index in [1.54, 1.807) is 6.20 Å². The molecule has 2 aromatic rings. The smallest absolute Gasteiger partial charge is 0.372 e. The maximum atomic E-state index is 12.0. The topological polar surface area (TPSA) is 28.6 Å². The third-order valence-corrected chi connectivity index (χ3v) is 5.02. The second-order valence-corrected chi connectivity index (χ2v) is 7.15. The number of benzene rings is 1. The van der Waals surface area contributed by atoms with Crippen LogP contribution in [0.3, 0.4) is 0 Å². The molecule has 148 valence electrons. The summed E-state index contributed by atoms with van der Waals surface area (Å²) in [4.78, 5) is 9.12. The van der Waals surface area contributed by atoms with E-state index in [1.165, 1.54) is 0 Å². The van der Waals surface area contributed by atoms with Crippen molar-refractivity contribution in [3.05, 3.63) is 41.0 Å². The van der Waals surface area contributed by atoms with Crippen LogP contribution in [0.25, 0.3) is 10.9 Å². The van der Waals surface area contributed by atoms with Gasteiger partial charge in [-0.15, -0.1) is 0 Å². The fourth-order valence-corrected chi connectivity index (χ4v) is 3.53.